The number of nitrogens with zero attached hydrogens (tertiary/aromatic N) is 2. The summed E-state index contributed by atoms with van der Waals surface area (Å²) in [5.41, 5.74) is 3.59. The lowest BCUT2D eigenvalue weighted by Gasteiger charge is -2.24. The minimum Gasteiger partial charge on any atom is -0.507 e. The summed E-state index contributed by atoms with van der Waals surface area (Å²) < 4.78 is 23.1. The molecule has 1 atom stereocenters. The average Bonchev–Trinajstić information content (AvgIpc) is 3.50. The maximum absolute atomic E-state index is 13.7. The quantitative estimate of drug-likeness (QED) is 0.199. The van der Waals surface area contributed by atoms with Gasteiger partial charge in [0, 0.05) is 5.56 Å². The van der Waals surface area contributed by atoms with Crippen LogP contribution in [0.15, 0.2) is 54.1 Å². The number of aliphatic hydroxyl groups is 1. The first-order valence-corrected chi connectivity index (χ1v) is 13.4. The van der Waals surface area contributed by atoms with Crippen LogP contribution >= 0.6 is 11.3 Å². The highest BCUT2D eigenvalue weighted by Crippen LogP contribution is 2.46. The molecule has 1 amide bonds. The lowest BCUT2D eigenvalue weighted by Crippen LogP contribution is -2.29. The smallest absolute Gasteiger partial charge is 0.301 e. The number of thiazole rings is 1. The zero-order valence-electron chi connectivity index (χ0n) is 22.3. The summed E-state index contributed by atoms with van der Waals surface area (Å²) in [7, 11) is 3.03. The number of aryl methyl sites for hydroxylation is 2. The largest absolute Gasteiger partial charge is 0.507 e. The van der Waals surface area contributed by atoms with Crippen molar-refractivity contribution in [2.75, 3.05) is 32.3 Å². The molecule has 9 nitrogen and oxygen atoms in total. The number of carbonyl (C=O) groups is 2. The van der Waals surface area contributed by atoms with Crippen molar-refractivity contribution < 1.29 is 33.6 Å². The second kappa shape index (κ2) is 9.87. The molecule has 3 aromatic carbocycles. The molecule has 2 aliphatic heterocycles. The molecule has 0 spiro atoms. The summed E-state index contributed by atoms with van der Waals surface area (Å²) in [5, 5.41) is 11.9. The van der Waals surface area contributed by atoms with Crippen LogP contribution in [0.5, 0.6) is 23.0 Å². The lowest BCUT2D eigenvalue weighted by molar-refractivity contribution is -0.132. The van der Waals surface area contributed by atoms with Crippen molar-refractivity contribution in [2.24, 2.45) is 0 Å². The summed E-state index contributed by atoms with van der Waals surface area (Å²) in [6.45, 7) is 4.74. The number of aliphatic hydroxyl groups excluding tert-OH is 1. The first-order chi connectivity index (χ1) is 19.3. The predicted octanol–water partition coefficient (Wildman–Crippen LogP) is 5.33. The van der Waals surface area contributed by atoms with Gasteiger partial charge in [0.05, 0.1) is 36.1 Å². The van der Waals surface area contributed by atoms with E-state index in [1.165, 1.54) is 30.5 Å². The fourth-order valence-electron chi connectivity index (χ4n) is 5.18. The van der Waals surface area contributed by atoms with Gasteiger partial charge in [-0.3, -0.25) is 14.5 Å². The number of ether oxygens (including phenoxy) is 4. The van der Waals surface area contributed by atoms with Crippen LogP contribution in [0, 0.1) is 13.8 Å². The van der Waals surface area contributed by atoms with Crippen LogP contribution in [0.2, 0.25) is 0 Å². The van der Waals surface area contributed by atoms with Crippen LogP contribution in [0.1, 0.15) is 28.3 Å². The first-order valence-electron chi connectivity index (χ1n) is 12.6. The molecule has 6 rings (SSSR count). The van der Waals surface area contributed by atoms with Gasteiger partial charge in [0.1, 0.15) is 19.0 Å². The Labute approximate surface area is 234 Å². The second-order valence-electron chi connectivity index (χ2n) is 9.57. The molecule has 0 saturated carbocycles. The van der Waals surface area contributed by atoms with Gasteiger partial charge in [-0.2, -0.15) is 0 Å². The van der Waals surface area contributed by atoms with Gasteiger partial charge >= 0.3 is 5.91 Å². The summed E-state index contributed by atoms with van der Waals surface area (Å²) in [5.74, 6) is -0.0387. The number of carbonyl (C=O) groups excluding carboxylic acids is 2. The van der Waals surface area contributed by atoms with Crippen LogP contribution in [0.3, 0.4) is 0 Å². The SMILES string of the molecule is COc1ccc(C2/C(=C(\O)c3ccc4c(c3)OCCO4)C(=O)C(=O)N2c2nc3c(C)cc(C)cc3s2)cc1OC. The number of rotatable bonds is 5. The van der Waals surface area contributed by atoms with Crippen LogP contribution in [-0.4, -0.2) is 49.2 Å². The Morgan fingerprint density at radius 2 is 1.73 bits per heavy atom. The molecule has 10 heteroatoms. The Hall–Kier alpha value is -4.57. The van der Waals surface area contributed by atoms with Crippen LogP contribution in [0.4, 0.5) is 5.13 Å². The summed E-state index contributed by atoms with van der Waals surface area (Å²) in [4.78, 5) is 33.4. The van der Waals surface area contributed by atoms with Gasteiger partial charge in [-0.1, -0.05) is 23.5 Å². The van der Waals surface area contributed by atoms with Gasteiger partial charge in [0.2, 0.25) is 0 Å². The Morgan fingerprint density at radius 1 is 0.975 bits per heavy atom. The number of amides is 1. The van der Waals surface area contributed by atoms with E-state index in [9.17, 15) is 14.7 Å². The van der Waals surface area contributed by atoms with Gasteiger partial charge < -0.3 is 24.1 Å². The summed E-state index contributed by atoms with van der Waals surface area (Å²) in [6, 6.07) is 13.1. The minimum absolute atomic E-state index is 0.0685. The zero-order chi connectivity index (χ0) is 28.1. The number of aromatic nitrogens is 1. The van der Waals surface area contributed by atoms with E-state index in [0.29, 0.717) is 52.5 Å². The first kappa shape index (κ1) is 25.7. The van der Waals surface area contributed by atoms with Crippen molar-refractivity contribution >= 4 is 44.1 Å². The normalized spacial score (nSPS) is 17.9. The van der Waals surface area contributed by atoms with Crippen molar-refractivity contribution in [3.05, 3.63) is 76.4 Å². The van der Waals surface area contributed by atoms with E-state index in [1.54, 1.807) is 36.4 Å². The number of ketones is 1. The molecule has 1 fully saturated rings. The molecule has 40 heavy (non-hydrogen) atoms. The standard InChI is InChI=1S/C30H26N2O7S/c1-15-11-16(2)25-23(12-15)40-30(31-25)32-26(17-5-7-19(36-3)21(13-17)37-4)24(28(34)29(32)35)27(33)18-6-8-20-22(14-18)39-10-9-38-20/h5-8,11-14,26,33H,9-10H2,1-4H3/b27-24+. The third-order valence-electron chi connectivity index (χ3n) is 7.01. The second-order valence-corrected chi connectivity index (χ2v) is 10.6. The molecule has 3 heterocycles. The molecule has 1 N–H and O–H groups in total. The van der Waals surface area contributed by atoms with Gasteiger partial charge in [-0.15, -0.1) is 0 Å². The Bertz CT molecular complexity index is 1720. The molecule has 4 aromatic rings. The number of Topliss-reactive ketones (excluding diaryl/α,β-unsaturated/α-hetero) is 1. The number of fused-ring (bicyclic) bond motifs is 2. The van der Waals surface area contributed by atoms with Crippen LogP contribution in [-0.2, 0) is 9.59 Å². The third-order valence-corrected chi connectivity index (χ3v) is 8.01. The predicted molar refractivity (Wildman–Crippen MR) is 151 cm³/mol. The molecular formula is C30H26N2O7S. The van der Waals surface area contributed by atoms with Crippen molar-refractivity contribution in [2.45, 2.75) is 19.9 Å². The molecule has 0 radical (unpaired) electrons. The van der Waals surface area contributed by atoms with E-state index < -0.39 is 17.7 Å². The highest BCUT2D eigenvalue weighted by Gasteiger charge is 2.48. The van der Waals surface area contributed by atoms with Crippen molar-refractivity contribution in [3.8, 4) is 23.0 Å². The fraction of sp³-hybridized carbons (Fsp3) is 0.233. The average molecular weight is 559 g/mol. The van der Waals surface area contributed by atoms with Gasteiger partial charge in [-0.25, -0.2) is 4.98 Å². The van der Waals surface area contributed by atoms with Crippen molar-refractivity contribution in [1.29, 1.82) is 0 Å². The highest BCUT2D eigenvalue weighted by atomic mass is 32.1. The van der Waals surface area contributed by atoms with E-state index in [4.69, 9.17) is 23.9 Å². The van der Waals surface area contributed by atoms with Gasteiger partial charge in [0.25, 0.3) is 5.78 Å². The topological polar surface area (TPSA) is 107 Å². The third kappa shape index (κ3) is 4.12. The maximum Gasteiger partial charge on any atom is 0.301 e. The van der Waals surface area contributed by atoms with E-state index in [2.05, 4.69) is 0 Å². The fourth-order valence-corrected chi connectivity index (χ4v) is 6.34. The van der Waals surface area contributed by atoms with E-state index in [0.717, 1.165) is 21.3 Å². The molecule has 1 unspecified atom stereocenters. The zero-order valence-corrected chi connectivity index (χ0v) is 23.1. The number of benzene rings is 3. The van der Waals surface area contributed by atoms with Gasteiger partial charge in [0.15, 0.2) is 28.1 Å². The van der Waals surface area contributed by atoms with Crippen LogP contribution < -0.4 is 23.8 Å². The van der Waals surface area contributed by atoms with Gasteiger partial charge in [-0.05, 0) is 66.9 Å². The number of hydrogen-bond acceptors (Lipinski definition) is 9. The number of anilines is 1. The lowest BCUT2D eigenvalue weighted by atomic mass is 9.95. The van der Waals surface area contributed by atoms with Crippen LogP contribution in [0.25, 0.3) is 16.0 Å². The Balaban J connectivity index is 1.57. The number of hydrogen-bond donors (Lipinski definition) is 1. The molecule has 2 aliphatic rings. The monoisotopic (exact) mass is 558 g/mol. The van der Waals surface area contributed by atoms with Crippen molar-refractivity contribution in [1.82, 2.24) is 4.98 Å². The Morgan fingerprint density at radius 3 is 2.48 bits per heavy atom. The van der Waals surface area contributed by atoms with E-state index in [-0.39, 0.29) is 11.3 Å². The molecule has 0 bridgehead atoms. The van der Waals surface area contributed by atoms with Crippen molar-refractivity contribution in [3.63, 3.8) is 0 Å². The Kier molecular flexibility index (Phi) is 6.34. The molecule has 1 saturated heterocycles. The molecular weight excluding hydrogens is 532 g/mol. The minimum atomic E-state index is -0.977. The maximum atomic E-state index is 13.7. The summed E-state index contributed by atoms with van der Waals surface area (Å²) in [6.07, 6.45) is 0. The summed E-state index contributed by atoms with van der Waals surface area (Å²) >= 11 is 1.32. The van der Waals surface area contributed by atoms with E-state index in [1.807, 2.05) is 26.0 Å². The molecule has 204 valence electrons. The molecule has 1 aromatic heterocycles. The highest BCUT2D eigenvalue weighted by molar-refractivity contribution is 7.22. The van der Waals surface area contributed by atoms with E-state index >= 15 is 0 Å². The number of methoxy groups -OCH3 is 2. The molecule has 0 aliphatic carbocycles.